The quantitative estimate of drug-likeness (QED) is 0.782. The van der Waals surface area contributed by atoms with Gasteiger partial charge in [0.25, 0.3) is 0 Å². The van der Waals surface area contributed by atoms with E-state index >= 15 is 0 Å². The number of hydrogen-bond acceptors (Lipinski definition) is 1. The molecule has 2 aromatic rings. The van der Waals surface area contributed by atoms with Gasteiger partial charge in [0.1, 0.15) is 0 Å². The van der Waals surface area contributed by atoms with Gasteiger partial charge in [0, 0.05) is 6.54 Å². The van der Waals surface area contributed by atoms with Crippen molar-refractivity contribution in [1.29, 1.82) is 0 Å². The zero-order chi connectivity index (χ0) is 11.3. The molecular formula is C13H16N2S. The molecule has 0 aliphatic heterocycles. The third kappa shape index (κ3) is 1.50. The number of H-pyrrole nitrogens is 1. The van der Waals surface area contributed by atoms with Gasteiger partial charge < -0.3 is 9.55 Å². The number of rotatable bonds is 2. The zero-order valence-corrected chi connectivity index (χ0v) is 10.5. The van der Waals surface area contributed by atoms with Crippen LogP contribution in [0.3, 0.4) is 0 Å². The summed E-state index contributed by atoms with van der Waals surface area (Å²) >= 11 is 5.38. The number of fused-ring (bicyclic) bond motifs is 1. The maximum atomic E-state index is 5.38. The van der Waals surface area contributed by atoms with Crippen LogP contribution in [-0.4, -0.2) is 9.55 Å². The number of benzene rings is 1. The van der Waals surface area contributed by atoms with E-state index in [2.05, 4.69) is 41.6 Å². The summed E-state index contributed by atoms with van der Waals surface area (Å²) in [6.07, 6.45) is 1.31. The van der Waals surface area contributed by atoms with E-state index in [0.717, 1.165) is 22.8 Å². The Morgan fingerprint density at radius 3 is 2.81 bits per heavy atom. The Labute approximate surface area is 100 Å². The summed E-state index contributed by atoms with van der Waals surface area (Å²) in [5.41, 5.74) is 2.88. The van der Waals surface area contributed by atoms with Crippen LogP contribution < -0.4 is 0 Å². The van der Waals surface area contributed by atoms with Crippen molar-refractivity contribution >= 4 is 23.3 Å². The van der Waals surface area contributed by atoms with Crippen molar-refractivity contribution in [3.05, 3.63) is 29.0 Å². The maximum absolute atomic E-state index is 5.38. The fraction of sp³-hybridized carbons (Fsp3) is 0.462. The van der Waals surface area contributed by atoms with Gasteiger partial charge in [0.15, 0.2) is 4.77 Å². The molecular weight excluding hydrogens is 216 g/mol. The summed E-state index contributed by atoms with van der Waals surface area (Å²) in [5, 5.41) is 0. The molecule has 1 fully saturated rings. The Hall–Kier alpha value is -1.09. The summed E-state index contributed by atoms with van der Waals surface area (Å²) in [4.78, 5) is 3.27. The molecule has 1 N–H and O–H groups in total. The molecule has 0 radical (unpaired) electrons. The Balaban J connectivity index is 2.03. The van der Waals surface area contributed by atoms with Crippen LogP contribution >= 0.6 is 12.2 Å². The standard InChI is InChI=1S/C13H16N2S/c1-13(2)7-9(13)8-15-11-6-4-3-5-10(11)14-12(15)16/h3-6,9H,7-8H2,1-2H3,(H,14,16). The first-order chi connectivity index (χ1) is 7.58. The van der Waals surface area contributed by atoms with Crippen molar-refractivity contribution in [3.63, 3.8) is 0 Å². The van der Waals surface area contributed by atoms with Crippen LogP contribution in [0.2, 0.25) is 0 Å². The van der Waals surface area contributed by atoms with Crippen molar-refractivity contribution in [2.75, 3.05) is 0 Å². The molecule has 84 valence electrons. The molecule has 1 aliphatic rings. The van der Waals surface area contributed by atoms with E-state index in [-0.39, 0.29) is 0 Å². The number of nitrogens with one attached hydrogen (secondary N) is 1. The van der Waals surface area contributed by atoms with Crippen molar-refractivity contribution in [2.45, 2.75) is 26.8 Å². The number of aromatic amines is 1. The first-order valence-corrected chi connectivity index (χ1v) is 6.16. The van der Waals surface area contributed by atoms with Gasteiger partial charge in [0.05, 0.1) is 11.0 Å². The van der Waals surface area contributed by atoms with Crippen molar-refractivity contribution in [2.24, 2.45) is 11.3 Å². The van der Waals surface area contributed by atoms with Gasteiger partial charge in [0.2, 0.25) is 0 Å². The van der Waals surface area contributed by atoms with Crippen LogP contribution in [0.5, 0.6) is 0 Å². The lowest BCUT2D eigenvalue weighted by molar-refractivity contribution is 0.502. The first-order valence-electron chi connectivity index (χ1n) is 5.75. The predicted octanol–water partition coefficient (Wildman–Crippen LogP) is 3.74. The van der Waals surface area contributed by atoms with Crippen LogP contribution in [0, 0.1) is 16.1 Å². The zero-order valence-electron chi connectivity index (χ0n) is 9.66. The SMILES string of the molecule is CC1(C)CC1Cn1c(=S)[nH]c2ccccc21. The summed E-state index contributed by atoms with van der Waals surface area (Å²) in [6.45, 7) is 5.71. The number of nitrogens with zero attached hydrogens (tertiary/aromatic N) is 1. The van der Waals surface area contributed by atoms with E-state index < -0.39 is 0 Å². The minimum absolute atomic E-state index is 0.507. The lowest BCUT2D eigenvalue weighted by Gasteiger charge is -2.06. The van der Waals surface area contributed by atoms with Gasteiger partial charge >= 0.3 is 0 Å². The molecule has 1 saturated carbocycles. The lowest BCUT2D eigenvalue weighted by atomic mass is 10.1. The number of aromatic nitrogens is 2. The van der Waals surface area contributed by atoms with E-state index in [1.807, 2.05) is 6.07 Å². The molecule has 0 spiro atoms. The molecule has 1 aromatic heterocycles. The lowest BCUT2D eigenvalue weighted by Crippen LogP contribution is -2.03. The van der Waals surface area contributed by atoms with E-state index in [9.17, 15) is 0 Å². The third-order valence-electron chi connectivity index (χ3n) is 3.80. The fourth-order valence-electron chi connectivity index (χ4n) is 2.40. The summed E-state index contributed by atoms with van der Waals surface area (Å²) in [7, 11) is 0. The summed E-state index contributed by atoms with van der Waals surface area (Å²) in [6, 6.07) is 8.33. The van der Waals surface area contributed by atoms with Crippen LogP contribution in [0.4, 0.5) is 0 Å². The second-order valence-electron chi connectivity index (χ2n) is 5.45. The molecule has 16 heavy (non-hydrogen) atoms. The molecule has 2 nitrogen and oxygen atoms in total. The molecule has 0 saturated heterocycles. The highest BCUT2D eigenvalue weighted by Crippen LogP contribution is 2.52. The van der Waals surface area contributed by atoms with E-state index in [1.165, 1.54) is 11.9 Å². The van der Waals surface area contributed by atoms with Crippen LogP contribution in [-0.2, 0) is 6.54 Å². The molecule has 0 amide bonds. The topological polar surface area (TPSA) is 20.7 Å². The summed E-state index contributed by atoms with van der Waals surface area (Å²) in [5.74, 6) is 0.776. The molecule has 3 heteroatoms. The Bertz CT molecular complexity index is 591. The monoisotopic (exact) mass is 232 g/mol. The Kier molecular flexibility index (Phi) is 2.02. The van der Waals surface area contributed by atoms with Gasteiger partial charge in [-0.05, 0) is 42.1 Å². The van der Waals surface area contributed by atoms with Crippen molar-refractivity contribution in [3.8, 4) is 0 Å². The van der Waals surface area contributed by atoms with Crippen LogP contribution in [0.15, 0.2) is 24.3 Å². The smallest absolute Gasteiger partial charge is 0.178 e. The third-order valence-corrected chi connectivity index (χ3v) is 4.12. The fourth-order valence-corrected chi connectivity index (χ4v) is 2.68. The highest BCUT2D eigenvalue weighted by molar-refractivity contribution is 7.71. The van der Waals surface area contributed by atoms with Crippen LogP contribution in [0.1, 0.15) is 20.3 Å². The minimum atomic E-state index is 0.507. The molecule has 1 atom stereocenters. The predicted molar refractivity (Wildman–Crippen MR) is 69.0 cm³/mol. The van der Waals surface area contributed by atoms with Crippen molar-refractivity contribution < 1.29 is 0 Å². The maximum Gasteiger partial charge on any atom is 0.178 e. The van der Waals surface area contributed by atoms with Gasteiger partial charge in [-0.1, -0.05) is 26.0 Å². The molecule has 1 aromatic carbocycles. The molecule has 1 heterocycles. The number of imidazole rings is 1. The second kappa shape index (κ2) is 3.20. The molecule has 1 aliphatic carbocycles. The van der Waals surface area contributed by atoms with E-state index in [4.69, 9.17) is 12.2 Å². The first kappa shape index (κ1) is 10.1. The number of para-hydroxylation sites is 2. The average molecular weight is 232 g/mol. The highest BCUT2D eigenvalue weighted by atomic mass is 32.1. The average Bonchev–Trinajstić information content (AvgIpc) is 2.69. The van der Waals surface area contributed by atoms with E-state index in [0.29, 0.717) is 5.41 Å². The minimum Gasteiger partial charge on any atom is -0.331 e. The number of hydrogen-bond donors (Lipinski definition) is 1. The molecule has 1 unspecified atom stereocenters. The summed E-state index contributed by atoms with van der Waals surface area (Å²) < 4.78 is 3.09. The normalized spacial score (nSPS) is 22.5. The van der Waals surface area contributed by atoms with Gasteiger partial charge in [-0.2, -0.15) is 0 Å². The van der Waals surface area contributed by atoms with Crippen LogP contribution in [0.25, 0.3) is 11.0 Å². The van der Waals surface area contributed by atoms with Gasteiger partial charge in [-0.25, -0.2) is 0 Å². The Morgan fingerprint density at radius 1 is 1.44 bits per heavy atom. The van der Waals surface area contributed by atoms with Crippen molar-refractivity contribution in [1.82, 2.24) is 9.55 Å². The second-order valence-corrected chi connectivity index (χ2v) is 5.83. The van der Waals surface area contributed by atoms with Gasteiger partial charge in [-0.15, -0.1) is 0 Å². The Morgan fingerprint density at radius 2 is 2.12 bits per heavy atom. The van der Waals surface area contributed by atoms with E-state index in [1.54, 1.807) is 0 Å². The molecule has 0 bridgehead atoms. The largest absolute Gasteiger partial charge is 0.331 e. The molecule has 3 rings (SSSR count). The van der Waals surface area contributed by atoms with Gasteiger partial charge in [-0.3, -0.25) is 0 Å². The highest BCUT2D eigenvalue weighted by Gasteiger charge is 2.45.